The van der Waals surface area contributed by atoms with Crippen molar-refractivity contribution in [3.63, 3.8) is 0 Å². The average Bonchev–Trinajstić information content (AvgIpc) is 3.54. The molecule has 0 saturated heterocycles. The maximum atomic E-state index is 12.8. The molecule has 2 aromatic heterocycles. The van der Waals surface area contributed by atoms with Crippen molar-refractivity contribution in [3.05, 3.63) is 108 Å². The number of benzene rings is 3. The van der Waals surface area contributed by atoms with E-state index in [4.69, 9.17) is 5.73 Å². The second-order valence-corrected chi connectivity index (χ2v) is 8.55. The van der Waals surface area contributed by atoms with Gasteiger partial charge in [0.25, 0.3) is 5.91 Å². The van der Waals surface area contributed by atoms with E-state index >= 15 is 0 Å². The smallest absolute Gasteiger partial charge is 0.277 e. The molecule has 0 radical (unpaired) electrons. The molecule has 0 atom stereocenters. The van der Waals surface area contributed by atoms with Gasteiger partial charge in [0, 0.05) is 4.88 Å². The molecule has 3 N–H and O–H groups in total. The summed E-state index contributed by atoms with van der Waals surface area (Å²) >= 11 is 1.63. The van der Waals surface area contributed by atoms with Crippen LogP contribution in [-0.4, -0.2) is 20.9 Å². The zero-order chi connectivity index (χ0) is 22.6. The molecule has 0 bridgehead atoms. The van der Waals surface area contributed by atoms with Gasteiger partial charge in [0.2, 0.25) is 0 Å². The fourth-order valence-electron chi connectivity index (χ4n) is 3.59. The highest BCUT2D eigenvalue weighted by Crippen LogP contribution is 2.30. The number of nitrogens with zero attached hydrogens (tertiary/aromatic N) is 3. The van der Waals surface area contributed by atoms with Gasteiger partial charge in [0.05, 0.1) is 24.1 Å². The van der Waals surface area contributed by atoms with Gasteiger partial charge in [0.15, 0.2) is 5.69 Å². The molecule has 0 aliphatic rings. The quantitative estimate of drug-likeness (QED) is 0.331. The van der Waals surface area contributed by atoms with Gasteiger partial charge >= 0.3 is 0 Å². The first-order chi connectivity index (χ1) is 16.2. The summed E-state index contributed by atoms with van der Waals surface area (Å²) in [4.78, 5) is 13.9. The van der Waals surface area contributed by atoms with E-state index in [0.717, 1.165) is 27.1 Å². The van der Waals surface area contributed by atoms with Crippen LogP contribution >= 0.6 is 11.3 Å². The van der Waals surface area contributed by atoms with Gasteiger partial charge in [-0.05, 0) is 51.9 Å². The number of rotatable bonds is 6. The number of hydrogen-bond acceptors (Lipinski definition) is 5. The first-order valence-corrected chi connectivity index (χ1v) is 11.3. The lowest BCUT2D eigenvalue weighted by molar-refractivity contribution is 0.102. The molecule has 2 heterocycles. The van der Waals surface area contributed by atoms with Crippen LogP contribution in [0.1, 0.15) is 16.1 Å². The molecular weight excluding hydrogens is 430 g/mol. The second-order valence-electron chi connectivity index (χ2n) is 7.60. The number of carbonyl (C=O) groups is 1. The minimum absolute atomic E-state index is 0.232. The molecule has 5 aromatic rings. The molecule has 1 amide bonds. The number of carbonyl (C=O) groups excluding carboxylic acids is 1. The van der Waals surface area contributed by atoms with Crippen molar-refractivity contribution in [2.45, 2.75) is 6.54 Å². The van der Waals surface area contributed by atoms with E-state index in [0.29, 0.717) is 17.9 Å². The SMILES string of the molecule is Nc1ccc(-c2cccs2)cc1NC(=O)c1cn(Cc2cccc(-c3ccccc3)c2)nn1. The molecular formula is C26H21N5OS. The van der Waals surface area contributed by atoms with Crippen LogP contribution in [0.2, 0.25) is 0 Å². The Hall–Kier alpha value is -4.23. The number of anilines is 2. The van der Waals surface area contributed by atoms with E-state index in [1.807, 2.05) is 60.0 Å². The summed E-state index contributed by atoms with van der Waals surface area (Å²) in [5.74, 6) is -0.352. The lowest BCUT2D eigenvalue weighted by atomic mass is 10.0. The lowest BCUT2D eigenvalue weighted by Gasteiger charge is -2.09. The monoisotopic (exact) mass is 451 g/mol. The molecule has 0 aliphatic carbocycles. The number of nitrogens with one attached hydrogen (secondary N) is 1. The van der Waals surface area contributed by atoms with Crippen LogP contribution < -0.4 is 11.1 Å². The van der Waals surface area contributed by atoms with Crippen LogP contribution in [0.25, 0.3) is 21.6 Å². The molecule has 6 nitrogen and oxygen atoms in total. The first-order valence-electron chi connectivity index (χ1n) is 10.4. The van der Waals surface area contributed by atoms with E-state index < -0.39 is 0 Å². The highest BCUT2D eigenvalue weighted by Gasteiger charge is 2.14. The number of hydrogen-bond donors (Lipinski definition) is 2. The highest BCUT2D eigenvalue weighted by molar-refractivity contribution is 7.13. The molecule has 0 unspecified atom stereocenters. The van der Waals surface area contributed by atoms with Crippen molar-refractivity contribution in [2.24, 2.45) is 0 Å². The molecule has 0 saturated carbocycles. The molecule has 162 valence electrons. The summed E-state index contributed by atoms with van der Waals surface area (Å²) < 4.78 is 1.66. The van der Waals surface area contributed by atoms with Crippen LogP contribution in [0.4, 0.5) is 11.4 Å². The number of thiophene rings is 1. The molecule has 7 heteroatoms. The Balaban J connectivity index is 1.30. The van der Waals surface area contributed by atoms with Crippen LogP contribution in [-0.2, 0) is 6.54 Å². The normalized spacial score (nSPS) is 10.8. The summed E-state index contributed by atoms with van der Waals surface area (Å²) in [5.41, 5.74) is 11.7. The minimum atomic E-state index is -0.352. The van der Waals surface area contributed by atoms with E-state index in [9.17, 15) is 4.79 Å². The fraction of sp³-hybridized carbons (Fsp3) is 0.0385. The van der Waals surface area contributed by atoms with Gasteiger partial charge in [-0.15, -0.1) is 16.4 Å². The summed E-state index contributed by atoms with van der Waals surface area (Å²) in [6.07, 6.45) is 1.64. The molecule has 0 spiro atoms. The number of nitrogens with two attached hydrogens (primary N) is 1. The Labute approximate surface area is 195 Å². The van der Waals surface area contributed by atoms with Gasteiger partial charge in [-0.2, -0.15) is 0 Å². The summed E-state index contributed by atoms with van der Waals surface area (Å²) in [7, 11) is 0. The highest BCUT2D eigenvalue weighted by atomic mass is 32.1. The third-order valence-electron chi connectivity index (χ3n) is 5.26. The number of nitrogen functional groups attached to an aromatic ring is 1. The van der Waals surface area contributed by atoms with Gasteiger partial charge in [-0.3, -0.25) is 4.79 Å². The Morgan fingerprint density at radius 2 is 1.76 bits per heavy atom. The van der Waals surface area contributed by atoms with Crippen LogP contribution in [0, 0.1) is 0 Å². The third kappa shape index (κ3) is 4.68. The van der Waals surface area contributed by atoms with Crippen molar-refractivity contribution in [1.82, 2.24) is 15.0 Å². The van der Waals surface area contributed by atoms with Crippen LogP contribution in [0.3, 0.4) is 0 Å². The van der Waals surface area contributed by atoms with Crippen molar-refractivity contribution in [3.8, 4) is 21.6 Å². The Morgan fingerprint density at radius 1 is 0.909 bits per heavy atom. The zero-order valence-electron chi connectivity index (χ0n) is 17.7. The molecule has 3 aromatic carbocycles. The van der Waals surface area contributed by atoms with E-state index in [1.165, 1.54) is 0 Å². The average molecular weight is 452 g/mol. The first kappa shape index (κ1) is 20.7. The summed E-state index contributed by atoms with van der Waals surface area (Å²) in [5, 5.41) is 13.1. The molecule has 5 rings (SSSR count). The maximum absolute atomic E-state index is 12.8. The van der Waals surface area contributed by atoms with Crippen molar-refractivity contribution in [1.29, 1.82) is 0 Å². The van der Waals surface area contributed by atoms with E-state index in [2.05, 4.69) is 39.9 Å². The standard InChI is InChI=1S/C26H21N5OS/c27-22-12-11-21(25-10-5-13-33-25)15-23(22)28-26(32)24-17-31(30-29-24)16-18-6-4-9-20(14-18)19-7-2-1-3-8-19/h1-15,17H,16,27H2,(H,28,32). The van der Waals surface area contributed by atoms with Gasteiger partial charge in [0.1, 0.15) is 0 Å². The van der Waals surface area contributed by atoms with Gasteiger partial charge < -0.3 is 11.1 Å². The second kappa shape index (κ2) is 9.10. The lowest BCUT2D eigenvalue weighted by Crippen LogP contribution is -2.13. The zero-order valence-corrected chi connectivity index (χ0v) is 18.5. The Kier molecular flexibility index (Phi) is 5.70. The summed E-state index contributed by atoms with van der Waals surface area (Å²) in [6.45, 7) is 0.511. The third-order valence-corrected chi connectivity index (χ3v) is 6.18. The minimum Gasteiger partial charge on any atom is -0.397 e. The van der Waals surface area contributed by atoms with Gasteiger partial charge in [-0.25, -0.2) is 4.68 Å². The fourth-order valence-corrected chi connectivity index (χ4v) is 4.32. The molecule has 33 heavy (non-hydrogen) atoms. The predicted octanol–water partition coefficient (Wildman–Crippen LogP) is 5.56. The maximum Gasteiger partial charge on any atom is 0.277 e. The molecule has 0 aliphatic heterocycles. The largest absolute Gasteiger partial charge is 0.397 e. The summed E-state index contributed by atoms with van der Waals surface area (Å²) in [6, 6.07) is 28.1. The number of aromatic nitrogens is 3. The van der Waals surface area contributed by atoms with E-state index in [1.54, 1.807) is 28.3 Å². The predicted molar refractivity (Wildman–Crippen MR) is 133 cm³/mol. The van der Waals surface area contributed by atoms with Crippen LogP contribution in [0.15, 0.2) is 96.5 Å². The van der Waals surface area contributed by atoms with Crippen molar-refractivity contribution in [2.75, 3.05) is 11.1 Å². The Morgan fingerprint density at radius 3 is 2.58 bits per heavy atom. The number of amides is 1. The van der Waals surface area contributed by atoms with Crippen LogP contribution in [0.5, 0.6) is 0 Å². The van der Waals surface area contributed by atoms with Gasteiger partial charge in [-0.1, -0.05) is 65.9 Å². The van der Waals surface area contributed by atoms with E-state index in [-0.39, 0.29) is 11.6 Å². The van der Waals surface area contributed by atoms with Crippen molar-refractivity contribution < 1.29 is 4.79 Å². The topological polar surface area (TPSA) is 85.8 Å². The van der Waals surface area contributed by atoms with Crippen molar-refractivity contribution >= 4 is 28.6 Å². The Bertz CT molecular complexity index is 1390. The molecule has 0 fully saturated rings.